The molecule has 318 valence electrons. The van der Waals surface area contributed by atoms with Gasteiger partial charge < -0.3 is 9.47 Å². The second kappa shape index (κ2) is 29.1. The highest BCUT2D eigenvalue weighted by atomic mass is 19.1. The van der Waals surface area contributed by atoms with Crippen molar-refractivity contribution in [3.8, 4) is 11.5 Å². The molecule has 1 aromatic heterocycles. The zero-order valence-corrected chi connectivity index (χ0v) is 37.2. The summed E-state index contributed by atoms with van der Waals surface area (Å²) in [6, 6.07) is 44.0. The molecule has 0 spiro atoms. The van der Waals surface area contributed by atoms with Crippen molar-refractivity contribution in [1.29, 1.82) is 0 Å². The fraction of sp³-hybridized carbons (Fsp3) is 0.226. The molecule has 3 nitrogen and oxygen atoms in total. The van der Waals surface area contributed by atoms with E-state index in [1.54, 1.807) is 50.4 Å². The van der Waals surface area contributed by atoms with Crippen LogP contribution in [0.25, 0.3) is 0 Å². The molecule has 7 rings (SSSR count). The molecular weight excluding hydrogens is 759 g/mol. The average molecular weight is 820 g/mol. The van der Waals surface area contributed by atoms with Gasteiger partial charge in [0, 0.05) is 5.69 Å². The lowest BCUT2D eigenvalue weighted by Crippen LogP contribution is -1.87. The predicted molar refractivity (Wildman–Crippen MR) is 243 cm³/mol. The Morgan fingerprint density at radius 2 is 0.817 bits per heavy atom. The van der Waals surface area contributed by atoms with Gasteiger partial charge in [-0.25, -0.2) is 17.6 Å². The molecule has 1 heterocycles. The highest BCUT2D eigenvalue weighted by Crippen LogP contribution is 2.17. The van der Waals surface area contributed by atoms with Gasteiger partial charge >= 0.3 is 0 Å². The van der Waals surface area contributed by atoms with E-state index in [0.717, 1.165) is 33.7 Å². The van der Waals surface area contributed by atoms with Crippen molar-refractivity contribution >= 4 is 0 Å². The van der Waals surface area contributed by atoms with E-state index < -0.39 is 0 Å². The third-order valence-electron chi connectivity index (χ3n) is 8.37. The van der Waals surface area contributed by atoms with Gasteiger partial charge in [-0.15, -0.1) is 0 Å². The molecule has 0 amide bonds. The van der Waals surface area contributed by atoms with Crippen LogP contribution in [-0.2, 0) is 0 Å². The van der Waals surface area contributed by atoms with E-state index in [2.05, 4.69) is 69.9 Å². The van der Waals surface area contributed by atoms with Crippen LogP contribution in [0.2, 0.25) is 0 Å². The Balaban J connectivity index is 0.000000351. The summed E-state index contributed by atoms with van der Waals surface area (Å²) in [5.74, 6) is 0.334. The number of pyridine rings is 1. The lowest BCUT2D eigenvalue weighted by molar-refractivity contribution is 0.386. The molecule has 7 aromatic rings. The first kappa shape index (κ1) is 51.8. The first-order valence-electron chi connectivity index (χ1n) is 19.4. The topological polar surface area (TPSA) is 31.4 Å². The van der Waals surface area contributed by atoms with Gasteiger partial charge in [-0.3, -0.25) is 4.98 Å². The highest BCUT2D eigenvalue weighted by Gasteiger charge is 1.99. The van der Waals surface area contributed by atoms with E-state index >= 15 is 0 Å². The van der Waals surface area contributed by atoms with E-state index in [9.17, 15) is 17.6 Å². The molecule has 0 aliphatic rings. The summed E-state index contributed by atoms with van der Waals surface area (Å²) >= 11 is 0. The van der Waals surface area contributed by atoms with E-state index in [1.807, 2.05) is 76.2 Å². The summed E-state index contributed by atoms with van der Waals surface area (Å²) < 4.78 is 59.0. The van der Waals surface area contributed by atoms with Gasteiger partial charge in [-0.05, 0) is 146 Å². The zero-order chi connectivity index (χ0) is 45.0. The monoisotopic (exact) mass is 819 g/mol. The van der Waals surface area contributed by atoms with Crippen molar-refractivity contribution in [2.24, 2.45) is 0 Å². The Kier molecular flexibility index (Phi) is 25.1. The van der Waals surface area contributed by atoms with Crippen LogP contribution < -0.4 is 9.47 Å². The standard InChI is InChI=1S/C9H12.C8H9FO.C8H9F.C8H10O.C7H7F.C7H8.C6H6FN/c1-7-4-5-8(2)9(3)6-7;1-6-3-4-7(9)8(5-6)10-2;1-6-3-4-8(9)7(2)5-6;1-7-3-5-8(9-2)6-4-7;1-6-2-4-7(8)5-3-6;1-7-5-3-2-4-6-7;1-5-2-3-6(7)4-8-5/h4-6H,1-3H3;3-5H,1-2H3;3-5H,1-2H3;3-6H,1-2H3;2-5H,1H3;2-6H,1H3;2-4H,1H3. The summed E-state index contributed by atoms with van der Waals surface area (Å²) in [7, 11) is 3.13. The van der Waals surface area contributed by atoms with Crippen molar-refractivity contribution in [3.05, 3.63) is 231 Å². The maximum atomic E-state index is 12.6. The number of hydrogen-bond acceptors (Lipinski definition) is 3. The maximum absolute atomic E-state index is 12.6. The molecule has 7 heteroatoms. The average Bonchev–Trinajstić information content (AvgIpc) is 3.23. The third-order valence-corrected chi connectivity index (χ3v) is 8.37. The minimum absolute atomic E-state index is 0.124. The largest absolute Gasteiger partial charge is 0.497 e. The Morgan fingerprint density at radius 1 is 0.367 bits per heavy atom. The number of nitrogens with zero attached hydrogens (tertiary/aromatic N) is 1. The number of hydrogen-bond donors (Lipinski definition) is 0. The van der Waals surface area contributed by atoms with Gasteiger partial charge in [-0.1, -0.05) is 119 Å². The SMILES string of the molecule is COc1cc(C)ccc1F.COc1ccc(C)cc1.Cc1ccc(C)c(C)c1.Cc1ccc(F)c(C)c1.Cc1ccc(F)cc1.Cc1ccc(F)cn1.Cc1ccccc1. The zero-order valence-electron chi connectivity index (χ0n) is 37.2. The molecule has 0 aliphatic heterocycles. The number of rotatable bonds is 2. The molecule has 0 aliphatic carbocycles. The van der Waals surface area contributed by atoms with Crippen LogP contribution in [0.4, 0.5) is 17.6 Å². The molecule has 0 bridgehead atoms. The van der Waals surface area contributed by atoms with Crippen molar-refractivity contribution < 1.29 is 27.0 Å². The number of methoxy groups -OCH3 is 2. The van der Waals surface area contributed by atoms with Gasteiger partial charge in [0.25, 0.3) is 0 Å². The Hall–Kier alpha value is -6.21. The lowest BCUT2D eigenvalue weighted by Gasteiger charge is -2.00. The molecule has 0 N–H and O–H groups in total. The number of halogens is 4. The Bertz CT molecular complexity index is 2070. The minimum atomic E-state index is -0.312. The van der Waals surface area contributed by atoms with E-state index in [1.165, 1.54) is 71.5 Å². The number of ether oxygens (including phenoxy) is 2. The fourth-order valence-corrected chi connectivity index (χ4v) is 4.64. The van der Waals surface area contributed by atoms with Gasteiger partial charge in [0.05, 0.1) is 20.4 Å². The minimum Gasteiger partial charge on any atom is -0.497 e. The van der Waals surface area contributed by atoms with Crippen LogP contribution in [0, 0.1) is 92.5 Å². The first-order valence-corrected chi connectivity index (χ1v) is 19.4. The second-order valence-electron chi connectivity index (χ2n) is 14.1. The molecule has 6 aromatic carbocycles. The van der Waals surface area contributed by atoms with E-state index in [4.69, 9.17) is 9.47 Å². The molecule has 0 fully saturated rings. The smallest absolute Gasteiger partial charge is 0.165 e. The summed E-state index contributed by atoms with van der Waals surface area (Å²) in [5, 5.41) is 0. The Labute approximate surface area is 356 Å². The lowest BCUT2D eigenvalue weighted by atomic mass is 10.1. The van der Waals surface area contributed by atoms with Crippen LogP contribution >= 0.6 is 0 Å². The Morgan fingerprint density at radius 3 is 1.18 bits per heavy atom. The molecule has 0 saturated heterocycles. The van der Waals surface area contributed by atoms with E-state index in [0.29, 0.717) is 5.75 Å². The molecular formula is C53H61F4NO2. The molecule has 0 atom stereocenters. The molecule has 60 heavy (non-hydrogen) atoms. The number of aryl methyl sites for hydroxylation is 10. The number of aromatic nitrogens is 1. The van der Waals surface area contributed by atoms with Crippen LogP contribution in [0.3, 0.4) is 0 Å². The predicted octanol–water partition coefficient (Wildman–Crippen LogP) is 14.9. The summed E-state index contributed by atoms with van der Waals surface area (Å²) in [6.07, 6.45) is 1.20. The number of benzene rings is 6. The summed E-state index contributed by atoms with van der Waals surface area (Å²) in [6.45, 7) is 19.9. The van der Waals surface area contributed by atoms with Crippen molar-refractivity contribution in [1.82, 2.24) is 4.98 Å². The molecule has 0 unspecified atom stereocenters. The van der Waals surface area contributed by atoms with Crippen molar-refractivity contribution in [3.63, 3.8) is 0 Å². The van der Waals surface area contributed by atoms with Gasteiger partial charge in [0.2, 0.25) is 0 Å². The van der Waals surface area contributed by atoms with Crippen LogP contribution in [-0.4, -0.2) is 19.2 Å². The van der Waals surface area contributed by atoms with Gasteiger partial charge in [0.1, 0.15) is 23.2 Å². The first-order chi connectivity index (χ1) is 28.4. The molecule has 0 saturated carbocycles. The highest BCUT2D eigenvalue weighted by molar-refractivity contribution is 5.30. The second-order valence-corrected chi connectivity index (χ2v) is 14.1. The quantitative estimate of drug-likeness (QED) is 0.163. The molecule has 0 radical (unpaired) electrons. The van der Waals surface area contributed by atoms with Crippen LogP contribution in [0.5, 0.6) is 11.5 Å². The summed E-state index contributed by atoms with van der Waals surface area (Å²) in [5.41, 5.74) is 11.4. The third kappa shape index (κ3) is 23.9. The van der Waals surface area contributed by atoms with E-state index in [-0.39, 0.29) is 23.3 Å². The maximum Gasteiger partial charge on any atom is 0.165 e. The van der Waals surface area contributed by atoms with Gasteiger partial charge in [0.15, 0.2) is 11.6 Å². The van der Waals surface area contributed by atoms with Crippen LogP contribution in [0.1, 0.15) is 55.8 Å². The van der Waals surface area contributed by atoms with Crippen molar-refractivity contribution in [2.75, 3.05) is 14.2 Å². The van der Waals surface area contributed by atoms with Crippen LogP contribution in [0.15, 0.2) is 152 Å². The summed E-state index contributed by atoms with van der Waals surface area (Å²) in [4.78, 5) is 3.70. The van der Waals surface area contributed by atoms with Crippen molar-refractivity contribution in [2.45, 2.75) is 69.2 Å². The normalized spacial score (nSPS) is 9.33. The van der Waals surface area contributed by atoms with Gasteiger partial charge in [-0.2, -0.15) is 0 Å². The fourth-order valence-electron chi connectivity index (χ4n) is 4.64.